The Balaban J connectivity index is 2.54. The summed E-state index contributed by atoms with van der Waals surface area (Å²) in [7, 11) is 1.67. The van der Waals surface area contributed by atoms with Crippen molar-refractivity contribution in [2.75, 3.05) is 13.7 Å². The smallest absolute Gasteiger partial charge is 0.124 e. The van der Waals surface area contributed by atoms with Gasteiger partial charge in [0.15, 0.2) is 0 Å². The zero-order valence-electron chi connectivity index (χ0n) is 8.54. The number of benzene rings is 1. The Hall–Kier alpha value is -1.22. The highest BCUT2D eigenvalue weighted by Gasteiger charge is 2.21. The second-order valence-corrected chi connectivity index (χ2v) is 3.55. The normalized spacial score (nSPS) is 19.8. The standard InChI is InChI=1S/C11H15NO2/c1-7-9(13-2)3-4-10-11(7)8(12)5-6-14-10/h3-4,8H,5-6,12H2,1-2H3. The Bertz CT molecular complexity index is 349. The molecule has 0 bridgehead atoms. The van der Waals surface area contributed by atoms with Crippen LogP contribution >= 0.6 is 0 Å². The van der Waals surface area contributed by atoms with Crippen molar-refractivity contribution in [1.82, 2.24) is 0 Å². The highest BCUT2D eigenvalue weighted by Crippen LogP contribution is 2.37. The first-order chi connectivity index (χ1) is 6.74. The molecule has 0 fully saturated rings. The molecule has 1 unspecified atom stereocenters. The van der Waals surface area contributed by atoms with Gasteiger partial charge in [0.25, 0.3) is 0 Å². The average molecular weight is 193 g/mol. The molecule has 0 saturated heterocycles. The van der Waals surface area contributed by atoms with Crippen LogP contribution in [0.25, 0.3) is 0 Å². The van der Waals surface area contributed by atoms with Gasteiger partial charge in [-0.1, -0.05) is 0 Å². The van der Waals surface area contributed by atoms with Crippen LogP contribution in [-0.4, -0.2) is 13.7 Å². The largest absolute Gasteiger partial charge is 0.496 e. The molecule has 1 atom stereocenters. The molecule has 1 aromatic rings. The van der Waals surface area contributed by atoms with Crippen molar-refractivity contribution in [1.29, 1.82) is 0 Å². The first-order valence-electron chi connectivity index (χ1n) is 4.80. The summed E-state index contributed by atoms with van der Waals surface area (Å²) in [5.41, 5.74) is 8.22. The maximum Gasteiger partial charge on any atom is 0.124 e. The summed E-state index contributed by atoms with van der Waals surface area (Å²) >= 11 is 0. The van der Waals surface area contributed by atoms with Gasteiger partial charge in [-0.05, 0) is 24.6 Å². The van der Waals surface area contributed by atoms with Crippen LogP contribution in [0, 0.1) is 6.92 Å². The molecule has 0 aromatic heterocycles. The number of rotatable bonds is 1. The maximum absolute atomic E-state index is 6.04. The molecule has 1 heterocycles. The third-order valence-electron chi connectivity index (χ3n) is 2.70. The van der Waals surface area contributed by atoms with E-state index in [0.717, 1.165) is 29.0 Å². The quantitative estimate of drug-likeness (QED) is 0.739. The minimum Gasteiger partial charge on any atom is -0.496 e. The second kappa shape index (κ2) is 3.50. The summed E-state index contributed by atoms with van der Waals surface area (Å²) in [6.07, 6.45) is 0.876. The second-order valence-electron chi connectivity index (χ2n) is 3.55. The summed E-state index contributed by atoms with van der Waals surface area (Å²) < 4.78 is 10.8. The van der Waals surface area contributed by atoms with Gasteiger partial charge in [0.2, 0.25) is 0 Å². The van der Waals surface area contributed by atoms with Crippen LogP contribution < -0.4 is 15.2 Å². The molecule has 1 aliphatic heterocycles. The zero-order valence-corrected chi connectivity index (χ0v) is 8.54. The van der Waals surface area contributed by atoms with Crippen LogP contribution in [0.3, 0.4) is 0 Å². The molecule has 0 radical (unpaired) electrons. The summed E-state index contributed by atoms with van der Waals surface area (Å²) in [6.45, 7) is 2.73. The van der Waals surface area contributed by atoms with E-state index in [1.54, 1.807) is 7.11 Å². The van der Waals surface area contributed by atoms with Crippen molar-refractivity contribution in [3.63, 3.8) is 0 Å². The highest BCUT2D eigenvalue weighted by molar-refractivity contribution is 5.50. The number of nitrogens with two attached hydrogens (primary N) is 1. The van der Waals surface area contributed by atoms with Gasteiger partial charge < -0.3 is 15.2 Å². The van der Waals surface area contributed by atoms with Crippen LogP contribution in [0.5, 0.6) is 11.5 Å². The van der Waals surface area contributed by atoms with Gasteiger partial charge in [0.05, 0.1) is 13.7 Å². The Kier molecular flexibility index (Phi) is 2.33. The molecule has 1 aliphatic rings. The van der Waals surface area contributed by atoms with Crippen molar-refractivity contribution in [3.05, 3.63) is 23.3 Å². The monoisotopic (exact) mass is 193 g/mol. The number of hydrogen-bond donors (Lipinski definition) is 1. The lowest BCUT2D eigenvalue weighted by Crippen LogP contribution is -2.21. The van der Waals surface area contributed by atoms with Crippen molar-refractivity contribution < 1.29 is 9.47 Å². The molecule has 0 spiro atoms. The van der Waals surface area contributed by atoms with Crippen LogP contribution in [0.4, 0.5) is 0 Å². The maximum atomic E-state index is 6.04. The summed E-state index contributed by atoms with van der Waals surface area (Å²) in [6, 6.07) is 3.93. The molecule has 3 nitrogen and oxygen atoms in total. The summed E-state index contributed by atoms with van der Waals surface area (Å²) in [4.78, 5) is 0. The van der Waals surface area contributed by atoms with E-state index in [2.05, 4.69) is 0 Å². The van der Waals surface area contributed by atoms with Crippen LogP contribution in [0.15, 0.2) is 12.1 Å². The lowest BCUT2D eigenvalue weighted by atomic mass is 9.96. The van der Waals surface area contributed by atoms with Crippen molar-refractivity contribution >= 4 is 0 Å². The molecule has 1 aromatic carbocycles. The number of methoxy groups -OCH3 is 1. The fourth-order valence-corrected chi connectivity index (χ4v) is 1.93. The van der Waals surface area contributed by atoms with E-state index in [1.807, 2.05) is 19.1 Å². The van der Waals surface area contributed by atoms with E-state index < -0.39 is 0 Å². The van der Waals surface area contributed by atoms with Gasteiger partial charge in [-0.3, -0.25) is 0 Å². The summed E-state index contributed by atoms with van der Waals surface area (Å²) in [5.74, 6) is 1.78. The molecule has 2 N–H and O–H groups in total. The van der Waals surface area contributed by atoms with Crippen LogP contribution in [0.1, 0.15) is 23.6 Å². The predicted octanol–water partition coefficient (Wildman–Crippen LogP) is 1.79. The predicted molar refractivity (Wildman–Crippen MR) is 54.8 cm³/mol. The van der Waals surface area contributed by atoms with Crippen molar-refractivity contribution in [3.8, 4) is 11.5 Å². The lowest BCUT2D eigenvalue weighted by molar-refractivity contribution is 0.267. The molecule has 2 rings (SSSR count). The SMILES string of the molecule is COc1ccc2c(c1C)C(N)CCO2. The minimum absolute atomic E-state index is 0.0776. The molecule has 76 valence electrons. The van der Waals surface area contributed by atoms with E-state index >= 15 is 0 Å². The van der Waals surface area contributed by atoms with Crippen molar-refractivity contribution in [2.24, 2.45) is 5.73 Å². The lowest BCUT2D eigenvalue weighted by Gasteiger charge is -2.25. The molecule has 0 saturated carbocycles. The zero-order chi connectivity index (χ0) is 10.1. The van der Waals surface area contributed by atoms with Gasteiger partial charge in [-0.25, -0.2) is 0 Å². The van der Waals surface area contributed by atoms with Gasteiger partial charge >= 0.3 is 0 Å². The van der Waals surface area contributed by atoms with E-state index in [0.29, 0.717) is 6.61 Å². The Labute approximate surface area is 83.8 Å². The minimum atomic E-state index is 0.0776. The number of fused-ring (bicyclic) bond motifs is 1. The topological polar surface area (TPSA) is 44.5 Å². The Morgan fingerprint density at radius 2 is 2.29 bits per heavy atom. The summed E-state index contributed by atoms with van der Waals surface area (Å²) in [5, 5.41) is 0. The Morgan fingerprint density at radius 3 is 3.00 bits per heavy atom. The van der Waals surface area contributed by atoms with Gasteiger partial charge in [-0.15, -0.1) is 0 Å². The number of hydrogen-bond acceptors (Lipinski definition) is 3. The van der Waals surface area contributed by atoms with Crippen LogP contribution in [0.2, 0.25) is 0 Å². The highest BCUT2D eigenvalue weighted by atomic mass is 16.5. The molecular weight excluding hydrogens is 178 g/mol. The van der Waals surface area contributed by atoms with E-state index in [1.165, 1.54) is 0 Å². The number of ether oxygens (including phenoxy) is 2. The van der Waals surface area contributed by atoms with Gasteiger partial charge in [-0.2, -0.15) is 0 Å². The Morgan fingerprint density at radius 1 is 1.50 bits per heavy atom. The molecule has 14 heavy (non-hydrogen) atoms. The molecule has 0 amide bonds. The van der Waals surface area contributed by atoms with E-state index in [9.17, 15) is 0 Å². The first kappa shape index (κ1) is 9.34. The third-order valence-corrected chi connectivity index (χ3v) is 2.70. The fraction of sp³-hybridized carbons (Fsp3) is 0.455. The first-order valence-corrected chi connectivity index (χ1v) is 4.80. The molecular formula is C11H15NO2. The van der Waals surface area contributed by atoms with E-state index in [4.69, 9.17) is 15.2 Å². The van der Waals surface area contributed by atoms with Gasteiger partial charge in [0.1, 0.15) is 11.5 Å². The van der Waals surface area contributed by atoms with Crippen LogP contribution in [-0.2, 0) is 0 Å². The third kappa shape index (κ3) is 1.34. The van der Waals surface area contributed by atoms with Crippen molar-refractivity contribution in [2.45, 2.75) is 19.4 Å². The van der Waals surface area contributed by atoms with Gasteiger partial charge in [0, 0.05) is 18.0 Å². The molecule has 0 aliphatic carbocycles. The van der Waals surface area contributed by atoms with E-state index in [-0.39, 0.29) is 6.04 Å². The fourth-order valence-electron chi connectivity index (χ4n) is 1.93. The molecule has 3 heteroatoms. The average Bonchev–Trinajstić information content (AvgIpc) is 2.18.